The van der Waals surface area contributed by atoms with Gasteiger partial charge in [0.05, 0.1) is 18.8 Å². The lowest BCUT2D eigenvalue weighted by molar-refractivity contribution is -0.0802. The summed E-state index contributed by atoms with van der Waals surface area (Å²) < 4.78 is 5.53. The Morgan fingerprint density at radius 3 is 2.44 bits per heavy atom. The van der Waals surface area contributed by atoms with Crippen molar-refractivity contribution in [3.63, 3.8) is 0 Å². The molecular weight excluding hydrogens is 226 g/mol. The Kier molecular flexibility index (Phi) is 2.93. The Morgan fingerprint density at radius 2 is 1.83 bits per heavy atom. The zero-order chi connectivity index (χ0) is 12.8. The Balaban J connectivity index is 1.91. The van der Waals surface area contributed by atoms with Gasteiger partial charge in [-0.3, -0.25) is 0 Å². The highest BCUT2D eigenvalue weighted by Crippen LogP contribution is 2.37. The minimum atomic E-state index is -0.692. The fourth-order valence-corrected chi connectivity index (χ4v) is 3.18. The molecule has 0 aliphatic carbocycles. The first kappa shape index (κ1) is 12.2. The molecule has 2 bridgehead atoms. The number of ether oxygens (including phenoxy) is 1. The Morgan fingerprint density at radius 1 is 1.17 bits per heavy atom. The number of aliphatic hydroxyl groups is 1. The second kappa shape index (κ2) is 4.34. The van der Waals surface area contributed by atoms with E-state index in [9.17, 15) is 5.11 Å². The molecule has 0 radical (unpaired) electrons. The average molecular weight is 247 g/mol. The lowest BCUT2D eigenvalue weighted by Crippen LogP contribution is -2.58. The smallest absolute Gasteiger partial charge is 0.0928 e. The van der Waals surface area contributed by atoms with E-state index in [4.69, 9.17) is 4.74 Å². The third-order valence-corrected chi connectivity index (χ3v) is 4.32. The Hall–Kier alpha value is -0.900. The number of morpholine rings is 1. The summed E-state index contributed by atoms with van der Waals surface area (Å²) in [6.45, 7) is 5.63. The van der Waals surface area contributed by atoms with Crippen LogP contribution in [0.2, 0.25) is 0 Å². The normalized spacial score (nSPS) is 35.5. The van der Waals surface area contributed by atoms with E-state index >= 15 is 0 Å². The van der Waals surface area contributed by atoms with Crippen molar-refractivity contribution in [2.24, 2.45) is 0 Å². The molecule has 2 aliphatic heterocycles. The largest absolute Gasteiger partial charge is 0.385 e. The predicted molar refractivity (Wildman–Crippen MR) is 70.6 cm³/mol. The predicted octanol–water partition coefficient (Wildman–Crippen LogP) is 1.64. The third kappa shape index (κ3) is 2.07. The van der Waals surface area contributed by atoms with E-state index in [1.54, 1.807) is 0 Å². The average Bonchev–Trinajstić information content (AvgIpc) is 2.32. The summed E-state index contributed by atoms with van der Waals surface area (Å²) >= 11 is 0. The molecule has 2 fully saturated rings. The summed E-state index contributed by atoms with van der Waals surface area (Å²) in [5.74, 6) is 0. The van der Waals surface area contributed by atoms with Crippen molar-refractivity contribution >= 4 is 0 Å². The molecule has 1 aromatic carbocycles. The minimum absolute atomic E-state index is 0.282. The molecule has 0 amide bonds. The standard InChI is InChI=1S/C15H21NO2/c1-10-3-4-12(5-11(10)2)15(17)6-13-8-18-9-14(7-15)16-13/h3-5,13-14,16-17H,6-9H2,1-2H3. The molecule has 0 spiro atoms. The highest BCUT2D eigenvalue weighted by Gasteiger charge is 2.42. The number of aryl methyl sites for hydroxylation is 2. The molecule has 98 valence electrons. The summed E-state index contributed by atoms with van der Waals surface area (Å²) in [6, 6.07) is 6.88. The van der Waals surface area contributed by atoms with Crippen LogP contribution in [-0.4, -0.2) is 30.4 Å². The SMILES string of the molecule is Cc1ccc(C2(O)CC3COCC(C2)N3)cc1C. The van der Waals surface area contributed by atoms with Crippen molar-refractivity contribution in [1.82, 2.24) is 5.32 Å². The van der Waals surface area contributed by atoms with Gasteiger partial charge < -0.3 is 15.2 Å². The van der Waals surface area contributed by atoms with Gasteiger partial charge in [0.2, 0.25) is 0 Å². The number of fused-ring (bicyclic) bond motifs is 2. The highest BCUT2D eigenvalue weighted by molar-refractivity contribution is 5.34. The van der Waals surface area contributed by atoms with E-state index in [1.165, 1.54) is 11.1 Å². The van der Waals surface area contributed by atoms with Gasteiger partial charge in [0.1, 0.15) is 0 Å². The second-order valence-corrected chi connectivity index (χ2v) is 5.84. The molecule has 2 heterocycles. The molecule has 18 heavy (non-hydrogen) atoms. The van der Waals surface area contributed by atoms with Gasteiger partial charge in [0.25, 0.3) is 0 Å². The molecule has 0 aromatic heterocycles. The number of hydrogen-bond acceptors (Lipinski definition) is 3. The van der Waals surface area contributed by atoms with Gasteiger partial charge in [-0.2, -0.15) is 0 Å². The summed E-state index contributed by atoms with van der Waals surface area (Å²) in [4.78, 5) is 0. The summed E-state index contributed by atoms with van der Waals surface area (Å²) in [5, 5.41) is 14.5. The maximum Gasteiger partial charge on any atom is 0.0928 e. The first-order valence-corrected chi connectivity index (χ1v) is 6.71. The maximum atomic E-state index is 11.0. The molecule has 3 heteroatoms. The summed E-state index contributed by atoms with van der Waals surface area (Å²) in [7, 11) is 0. The van der Waals surface area contributed by atoms with Crippen molar-refractivity contribution in [1.29, 1.82) is 0 Å². The van der Waals surface area contributed by atoms with Crippen molar-refractivity contribution in [3.8, 4) is 0 Å². The Labute approximate surface area is 108 Å². The molecule has 3 nitrogen and oxygen atoms in total. The maximum absolute atomic E-state index is 11.0. The molecule has 2 atom stereocenters. The van der Waals surface area contributed by atoms with Crippen LogP contribution in [0.1, 0.15) is 29.5 Å². The van der Waals surface area contributed by atoms with E-state index in [1.807, 2.05) is 0 Å². The van der Waals surface area contributed by atoms with Gasteiger partial charge in [0, 0.05) is 12.1 Å². The number of rotatable bonds is 1. The molecule has 2 aliphatic rings. The molecule has 2 unspecified atom stereocenters. The first-order chi connectivity index (χ1) is 8.57. The van der Waals surface area contributed by atoms with E-state index in [-0.39, 0.29) is 12.1 Å². The number of nitrogens with one attached hydrogen (secondary N) is 1. The fourth-order valence-electron chi connectivity index (χ4n) is 3.18. The second-order valence-electron chi connectivity index (χ2n) is 5.84. The van der Waals surface area contributed by atoms with Crippen LogP contribution in [0.3, 0.4) is 0 Å². The molecule has 0 saturated carbocycles. The van der Waals surface area contributed by atoms with Crippen LogP contribution in [0.15, 0.2) is 18.2 Å². The van der Waals surface area contributed by atoms with Gasteiger partial charge in [-0.1, -0.05) is 18.2 Å². The van der Waals surface area contributed by atoms with Gasteiger partial charge >= 0.3 is 0 Å². The fraction of sp³-hybridized carbons (Fsp3) is 0.600. The summed E-state index contributed by atoms with van der Waals surface area (Å²) in [5.41, 5.74) is 2.90. The van der Waals surface area contributed by atoms with E-state index in [0.717, 1.165) is 18.4 Å². The van der Waals surface area contributed by atoms with Crippen LogP contribution >= 0.6 is 0 Å². The summed E-state index contributed by atoms with van der Waals surface area (Å²) in [6.07, 6.45) is 1.48. The number of benzene rings is 1. The van der Waals surface area contributed by atoms with Crippen molar-refractivity contribution in [2.75, 3.05) is 13.2 Å². The first-order valence-electron chi connectivity index (χ1n) is 6.71. The molecule has 2 saturated heterocycles. The lowest BCUT2D eigenvalue weighted by Gasteiger charge is -2.45. The Bertz CT molecular complexity index is 446. The number of hydrogen-bond donors (Lipinski definition) is 2. The molecule has 2 N–H and O–H groups in total. The monoisotopic (exact) mass is 247 g/mol. The molecular formula is C15H21NO2. The van der Waals surface area contributed by atoms with Gasteiger partial charge in [0.15, 0.2) is 0 Å². The van der Waals surface area contributed by atoms with Crippen molar-refractivity contribution in [3.05, 3.63) is 34.9 Å². The van der Waals surface area contributed by atoms with Gasteiger partial charge in [-0.05, 0) is 43.4 Å². The number of piperidine rings is 1. The van der Waals surface area contributed by atoms with Gasteiger partial charge in [-0.25, -0.2) is 0 Å². The van der Waals surface area contributed by atoms with Crippen molar-refractivity contribution in [2.45, 2.75) is 44.4 Å². The zero-order valence-corrected chi connectivity index (χ0v) is 11.1. The van der Waals surface area contributed by atoms with E-state index < -0.39 is 5.60 Å². The van der Waals surface area contributed by atoms with Crippen LogP contribution in [0.5, 0.6) is 0 Å². The highest BCUT2D eigenvalue weighted by atomic mass is 16.5. The molecule has 1 aromatic rings. The van der Waals surface area contributed by atoms with Gasteiger partial charge in [-0.15, -0.1) is 0 Å². The van der Waals surface area contributed by atoms with E-state index in [2.05, 4.69) is 37.4 Å². The van der Waals surface area contributed by atoms with Crippen LogP contribution in [-0.2, 0) is 10.3 Å². The van der Waals surface area contributed by atoms with Crippen LogP contribution < -0.4 is 5.32 Å². The van der Waals surface area contributed by atoms with E-state index in [0.29, 0.717) is 13.2 Å². The topological polar surface area (TPSA) is 41.5 Å². The minimum Gasteiger partial charge on any atom is -0.385 e. The lowest BCUT2D eigenvalue weighted by atomic mass is 9.77. The zero-order valence-electron chi connectivity index (χ0n) is 11.1. The van der Waals surface area contributed by atoms with Crippen LogP contribution in [0, 0.1) is 13.8 Å². The van der Waals surface area contributed by atoms with Crippen molar-refractivity contribution < 1.29 is 9.84 Å². The van der Waals surface area contributed by atoms with Crippen LogP contribution in [0.4, 0.5) is 0 Å². The molecule has 3 rings (SSSR count). The quantitative estimate of drug-likeness (QED) is 0.792. The third-order valence-electron chi connectivity index (χ3n) is 4.32. The van der Waals surface area contributed by atoms with Crippen LogP contribution in [0.25, 0.3) is 0 Å².